The molecule has 0 aliphatic rings. The van der Waals surface area contributed by atoms with Crippen molar-refractivity contribution in [2.75, 3.05) is 7.11 Å². The fraction of sp³-hybridized carbons (Fsp3) is 0.444. The number of esters is 1. The van der Waals surface area contributed by atoms with Gasteiger partial charge in [-0.15, -0.1) is 11.3 Å². The van der Waals surface area contributed by atoms with E-state index in [9.17, 15) is 4.79 Å². The molecule has 0 amide bonds. The summed E-state index contributed by atoms with van der Waals surface area (Å²) in [5.74, 6) is -0.356. The maximum atomic E-state index is 11.0. The molecule has 1 rings (SSSR count). The van der Waals surface area contributed by atoms with E-state index in [4.69, 9.17) is 5.73 Å². The van der Waals surface area contributed by atoms with Crippen LogP contribution in [0.25, 0.3) is 0 Å². The summed E-state index contributed by atoms with van der Waals surface area (Å²) < 4.78 is 4.53. The Morgan fingerprint density at radius 3 is 2.85 bits per heavy atom. The van der Waals surface area contributed by atoms with E-state index < -0.39 is 6.04 Å². The normalized spacial score (nSPS) is 12.5. The molecule has 0 saturated carbocycles. The second-order valence-electron chi connectivity index (χ2n) is 2.85. The van der Waals surface area contributed by atoms with E-state index in [0.29, 0.717) is 6.42 Å². The molecule has 4 heteroatoms. The summed E-state index contributed by atoms with van der Waals surface area (Å²) in [5, 5.41) is 0. The van der Waals surface area contributed by atoms with Gasteiger partial charge in [0.1, 0.15) is 6.04 Å². The molecule has 3 nitrogen and oxygen atoms in total. The third-order valence-electron chi connectivity index (χ3n) is 1.72. The Labute approximate surface area is 81.5 Å². The molecule has 72 valence electrons. The molecule has 13 heavy (non-hydrogen) atoms. The van der Waals surface area contributed by atoms with Gasteiger partial charge in [0, 0.05) is 16.2 Å². The highest BCUT2D eigenvalue weighted by atomic mass is 32.1. The zero-order chi connectivity index (χ0) is 9.84. The number of nitrogens with two attached hydrogens (primary N) is 1. The molecule has 2 N–H and O–H groups in total. The number of ether oxygens (including phenoxy) is 1. The summed E-state index contributed by atoms with van der Waals surface area (Å²) >= 11 is 1.66. The Morgan fingerprint density at radius 2 is 2.38 bits per heavy atom. The van der Waals surface area contributed by atoms with Gasteiger partial charge in [0.2, 0.25) is 0 Å². The van der Waals surface area contributed by atoms with Crippen LogP contribution in [0, 0.1) is 6.92 Å². The average molecular weight is 199 g/mol. The fourth-order valence-corrected chi connectivity index (χ4v) is 1.99. The van der Waals surface area contributed by atoms with E-state index in [1.807, 2.05) is 19.1 Å². The van der Waals surface area contributed by atoms with Crippen LogP contribution in [0.4, 0.5) is 0 Å². The van der Waals surface area contributed by atoms with Gasteiger partial charge in [0.05, 0.1) is 7.11 Å². The third-order valence-corrected chi connectivity index (χ3v) is 2.74. The Kier molecular flexibility index (Phi) is 3.45. The minimum absolute atomic E-state index is 0.356. The standard InChI is InChI=1S/C9H13NO2S/c1-6-3-4-7(13-6)5-8(10)9(11)12-2/h3-4,8H,5,10H2,1-2H3/t8-/m0/s1. The summed E-state index contributed by atoms with van der Waals surface area (Å²) in [6.45, 7) is 2.03. The lowest BCUT2D eigenvalue weighted by molar-refractivity contribution is -0.142. The van der Waals surface area contributed by atoms with Gasteiger partial charge in [-0.1, -0.05) is 0 Å². The largest absolute Gasteiger partial charge is 0.468 e. The molecule has 0 spiro atoms. The molecule has 0 fully saturated rings. The number of carbonyl (C=O) groups is 1. The number of thiophene rings is 1. The van der Waals surface area contributed by atoms with Crippen LogP contribution in [-0.4, -0.2) is 19.1 Å². The van der Waals surface area contributed by atoms with Crippen molar-refractivity contribution in [3.8, 4) is 0 Å². The maximum Gasteiger partial charge on any atom is 0.323 e. The summed E-state index contributed by atoms with van der Waals surface area (Å²) in [5.41, 5.74) is 5.60. The molecule has 1 heterocycles. The molecule has 1 atom stereocenters. The van der Waals surface area contributed by atoms with Gasteiger partial charge in [-0.05, 0) is 19.1 Å². The van der Waals surface area contributed by atoms with Gasteiger partial charge in [0.25, 0.3) is 0 Å². The van der Waals surface area contributed by atoms with Crippen molar-refractivity contribution in [2.24, 2.45) is 5.73 Å². The highest BCUT2D eigenvalue weighted by molar-refractivity contribution is 7.11. The third kappa shape index (κ3) is 2.82. The van der Waals surface area contributed by atoms with E-state index in [2.05, 4.69) is 4.74 Å². The van der Waals surface area contributed by atoms with Crippen molar-refractivity contribution in [3.63, 3.8) is 0 Å². The van der Waals surface area contributed by atoms with Gasteiger partial charge in [-0.2, -0.15) is 0 Å². The average Bonchev–Trinajstić information content (AvgIpc) is 2.49. The number of hydrogen-bond donors (Lipinski definition) is 1. The van der Waals surface area contributed by atoms with Gasteiger partial charge in [-0.25, -0.2) is 0 Å². The Bertz CT molecular complexity index is 296. The second kappa shape index (κ2) is 4.39. The number of aryl methyl sites for hydroxylation is 1. The molecule has 1 aromatic rings. The van der Waals surface area contributed by atoms with Crippen LogP contribution in [0.15, 0.2) is 12.1 Å². The van der Waals surface area contributed by atoms with E-state index in [0.717, 1.165) is 4.88 Å². The molecule has 0 unspecified atom stereocenters. The van der Waals surface area contributed by atoms with Gasteiger partial charge < -0.3 is 10.5 Å². The minimum Gasteiger partial charge on any atom is -0.468 e. The Hall–Kier alpha value is -0.870. The van der Waals surface area contributed by atoms with Crippen molar-refractivity contribution >= 4 is 17.3 Å². The van der Waals surface area contributed by atoms with Crippen LogP contribution < -0.4 is 5.73 Å². The summed E-state index contributed by atoms with van der Waals surface area (Å²) in [4.78, 5) is 13.3. The Balaban J connectivity index is 2.54. The van der Waals surface area contributed by atoms with Gasteiger partial charge >= 0.3 is 5.97 Å². The van der Waals surface area contributed by atoms with Crippen molar-refractivity contribution in [2.45, 2.75) is 19.4 Å². The fourth-order valence-electron chi connectivity index (χ4n) is 1.05. The summed E-state index contributed by atoms with van der Waals surface area (Å²) in [6, 6.07) is 3.47. The molecule has 0 aromatic carbocycles. The number of hydrogen-bond acceptors (Lipinski definition) is 4. The first-order valence-corrected chi connectivity index (χ1v) is 4.84. The highest BCUT2D eigenvalue weighted by Crippen LogP contribution is 2.16. The lowest BCUT2D eigenvalue weighted by Gasteiger charge is -2.06. The Morgan fingerprint density at radius 1 is 1.69 bits per heavy atom. The van der Waals surface area contributed by atoms with E-state index in [1.54, 1.807) is 11.3 Å². The zero-order valence-corrected chi connectivity index (χ0v) is 8.56. The van der Waals surface area contributed by atoms with Crippen molar-refractivity contribution in [1.82, 2.24) is 0 Å². The molecule has 1 aromatic heterocycles. The molecule has 0 bridgehead atoms. The van der Waals surface area contributed by atoms with Crippen LogP contribution in [0.3, 0.4) is 0 Å². The van der Waals surface area contributed by atoms with Crippen LogP contribution in [0.1, 0.15) is 9.75 Å². The molecular weight excluding hydrogens is 186 g/mol. The first-order chi connectivity index (χ1) is 6.13. The first-order valence-electron chi connectivity index (χ1n) is 4.02. The number of methoxy groups -OCH3 is 1. The van der Waals surface area contributed by atoms with Crippen molar-refractivity contribution < 1.29 is 9.53 Å². The SMILES string of the molecule is COC(=O)[C@@H](N)Cc1ccc(C)s1. The van der Waals surface area contributed by atoms with Crippen LogP contribution in [0.5, 0.6) is 0 Å². The monoisotopic (exact) mass is 199 g/mol. The van der Waals surface area contributed by atoms with Crippen LogP contribution in [-0.2, 0) is 16.0 Å². The molecule has 0 saturated heterocycles. The minimum atomic E-state index is -0.539. The second-order valence-corrected chi connectivity index (χ2v) is 4.22. The highest BCUT2D eigenvalue weighted by Gasteiger charge is 2.14. The predicted molar refractivity (Wildman–Crippen MR) is 52.8 cm³/mol. The smallest absolute Gasteiger partial charge is 0.323 e. The topological polar surface area (TPSA) is 52.3 Å². The predicted octanol–water partition coefficient (Wildman–Crippen LogP) is 1.10. The quantitative estimate of drug-likeness (QED) is 0.742. The zero-order valence-electron chi connectivity index (χ0n) is 7.74. The van der Waals surface area contributed by atoms with Crippen LogP contribution in [0.2, 0.25) is 0 Å². The number of rotatable bonds is 3. The van der Waals surface area contributed by atoms with E-state index in [-0.39, 0.29) is 5.97 Å². The van der Waals surface area contributed by atoms with Crippen molar-refractivity contribution in [1.29, 1.82) is 0 Å². The van der Waals surface area contributed by atoms with Crippen LogP contribution >= 0.6 is 11.3 Å². The molecule has 0 aliphatic heterocycles. The summed E-state index contributed by atoms with van der Waals surface area (Å²) in [7, 11) is 1.35. The molecule has 0 radical (unpaired) electrons. The number of carbonyl (C=O) groups excluding carboxylic acids is 1. The molecular formula is C9H13NO2S. The van der Waals surface area contributed by atoms with Gasteiger partial charge in [0.15, 0.2) is 0 Å². The summed E-state index contributed by atoms with van der Waals surface area (Å²) in [6.07, 6.45) is 0.561. The van der Waals surface area contributed by atoms with E-state index in [1.165, 1.54) is 12.0 Å². The lowest BCUT2D eigenvalue weighted by Crippen LogP contribution is -2.33. The maximum absolute atomic E-state index is 11.0. The first kappa shape index (κ1) is 10.2. The van der Waals surface area contributed by atoms with Crippen molar-refractivity contribution in [3.05, 3.63) is 21.9 Å². The molecule has 0 aliphatic carbocycles. The van der Waals surface area contributed by atoms with Gasteiger partial charge in [-0.3, -0.25) is 4.79 Å². The lowest BCUT2D eigenvalue weighted by atomic mass is 10.2. The van der Waals surface area contributed by atoms with E-state index >= 15 is 0 Å².